The maximum Gasteiger partial charge on any atom is 0.255 e. The number of anilines is 1. The summed E-state index contributed by atoms with van der Waals surface area (Å²) in [6, 6.07) is 7.37. The minimum absolute atomic E-state index is 0. The average Bonchev–Trinajstić information content (AvgIpc) is 2.63. The summed E-state index contributed by atoms with van der Waals surface area (Å²) in [7, 11) is 0. The van der Waals surface area contributed by atoms with Crippen molar-refractivity contribution >= 4 is 29.9 Å². The molecule has 2 heterocycles. The van der Waals surface area contributed by atoms with Crippen molar-refractivity contribution in [3.63, 3.8) is 0 Å². The van der Waals surface area contributed by atoms with Crippen LogP contribution in [0.5, 0.6) is 0 Å². The van der Waals surface area contributed by atoms with E-state index in [0.717, 1.165) is 45.3 Å². The molecule has 2 N–H and O–H groups in total. The van der Waals surface area contributed by atoms with Crippen molar-refractivity contribution in [2.75, 3.05) is 31.5 Å². The number of para-hydroxylation sites is 1. The Morgan fingerprint density at radius 2 is 1.88 bits per heavy atom. The number of hydrogen-bond donors (Lipinski definition) is 2. The van der Waals surface area contributed by atoms with Gasteiger partial charge in [-0.25, -0.2) is 0 Å². The van der Waals surface area contributed by atoms with Crippen LogP contribution < -0.4 is 10.6 Å². The molecule has 1 unspecified atom stereocenters. The number of halogens is 1. The summed E-state index contributed by atoms with van der Waals surface area (Å²) in [5.41, 5.74) is 1.24. The molecule has 5 nitrogen and oxygen atoms in total. The highest BCUT2D eigenvalue weighted by atomic mass is 35.5. The lowest BCUT2D eigenvalue weighted by Gasteiger charge is -2.31. The van der Waals surface area contributed by atoms with Gasteiger partial charge in [-0.1, -0.05) is 19.1 Å². The summed E-state index contributed by atoms with van der Waals surface area (Å²) in [5.74, 6) is 0.704. The van der Waals surface area contributed by atoms with Crippen molar-refractivity contribution in [3.8, 4) is 0 Å². The van der Waals surface area contributed by atoms with Crippen molar-refractivity contribution in [1.29, 1.82) is 0 Å². The standard InChI is InChI=1S/C19H27N3O2.ClH/c1-14-8-11-22(12-9-14)19(24)16-6-2-3-7-17(16)21-18(23)15-5-4-10-20-13-15;/h2-3,6-7,14-15,20H,4-5,8-13H2,1H3,(H,21,23);1H. The molecule has 6 heteroatoms. The summed E-state index contributed by atoms with van der Waals surface area (Å²) in [6.07, 6.45) is 4.02. The molecule has 2 saturated heterocycles. The molecule has 3 rings (SSSR count). The topological polar surface area (TPSA) is 61.4 Å². The minimum atomic E-state index is -0.0160. The van der Waals surface area contributed by atoms with Crippen LogP contribution in [0.1, 0.15) is 43.0 Å². The summed E-state index contributed by atoms with van der Waals surface area (Å²) in [5, 5.41) is 6.24. The molecule has 0 aliphatic carbocycles. The molecule has 2 aliphatic rings. The molecule has 0 spiro atoms. The fraction of sp³-hybridized carbons (Fsp3) is 0.579. The highest BCUT2D eigenvalue weighted by Gasteiger charge is 2.25. The first kappa shape index (κ1) is 19.7. The Kier molecular flexibility index (Phi) is 7.26. The molecule has 1 aromatic rings. The zero-order chi connectivity index (χ0) is 16.9. The first-order valence-electron chi connectivity index (χ1n) is 9.05. The maximum atomic E-state index is 12.8. The van der Waals surface area contributed by atoms with E-state index in [1.165, 1.54) is 0 Å². The second-order valence-corrected chi connectivity index (χ2v) is 7.05. The molecule has 0 bridgehead atoms. The molecule has 2 fully saturated rings. The Morgan fingerprint density at radius 3 is 2.56 bits per heavy atom. The summed E-state index contributed by atoms with van der Waals surface area (Å²) < 4.78 is 0. The lowest BCUT2D eigenvalue weighted by molar-refractivity contribution is -0.120. The van der Waals surface area contributed by atoms with E-state index >= 15 is 0 Å². The number of carbonyl (C=O) groups excluding carboxylic acids is 2. The second-order valence-electron chi connectivity index (χ2n) is 7.05. The summed E-state index contributed by atoms with van der Waals surface area (Å²) in [4.78, 5) is 27.2. The zero-order valence-corrected chi connectivity index (χ0v) is 15.6. The minimum Gasteiger partial charge on any atom is -0.339 e. The predicted octanol–water partition coefficient (Wildman–Crippen LogP) is 2.92. The SMILES string of the molecule is CC1CCN(C(=O)c2ccccc2NC(=O)C2CCCNC2)CC1.Cl. The van der Waals surface area contributed by atoms with Gasteiger partial charge in [0.2, 0.25) is 5.91 Å². The van der Waals surface area contributed by atoms with Crippen LogP contribution in [0, 0.1) is 11.8 Å². The van der Waals surface area contributed by atoms with E-state index in [0.29, 0.717) is 23.7 Å². The molecular formula is C19H28ClN3O2. The van der Waals surface area contributed by atoms with Gasteiger partial charge >= 0.3 is 0 Å². The number of hydrogen-bond acceptors (Lipinski definition) is 3. The van der Waals surface area contributed by atoms with Gasteiger partial charge in [0.05, 0.1) is 17.2 Å². The number of likely N-dealkylation sites (tertiary alicyclic amines) is 1. The van der Waals surface area contributed by atoms with Crippen LogP contribution >= 0.6 is 12.4 Å². The van der Waals surface area contributed by atoms with E-state index in [4.69, 9.17) is 0 Å². The van der Waals surface area contributed by atoms with Gasteiger partial charge in [-0.2, -0.15) is 0 Å². The Morgan fingerprint density at radius 1 is 1.16 bits per heavy atom. The number of benzene rings is 1. The second kappa shape index (κ2) is 9.20. The van der Waals surface area contributed by atoms with Crippen molar-refractivity contribution < 1.29 is 9.59 Å². The van der Waals surface area contributed by atoms with Gasteiger partial charge < -0.3 is 15.5 Å². The van der Waals surface area contributed by atoms with Gasteiger partial charge in [0.1, 0.15) is 0 Å². The summed E-state index contributed by atoms with van der Waals surface area (Å²) >= 11 is 0. The first-order chi connectivity index (χ1) is 11.6. The van der Waals surface area contributed by atoms with E-state index in [1.54, 1.807) is 0 Å². The number of nitrogens with one attached hydrogen (secondary N) is 2. The number of nitrogens with zero attached hydrogens (tertiary/aromatic N) is 1. The molecule has 25 heavy (non-hydrogen) atoms. The highest BCUT2D eigenvalue weighted by Crippen LogP contribution is 2.23. The molecule has 2 amide bonds. The fourth-order valence-corrected chi connectivity index (χ4v) is 3.47. The zero-order valence-electron chi connectivity index (χ0n) is 14.8. The summed E-state index contributed by atoms with van der Waals surface area (Å²) in [6.45, 7) is 5.52. The molecule has 1 aromatic carbocycles. The lowest BCUT2D eigenvalue weighted by atomic mass is 9.97. The van der Waals surface area contributed by atoms with Crippen LogP contribution in [0.3, 0.4) is 0 Å². The molecule has 2 aliphatic heterocycles. The van der Waals surface area contributed by atoms with Gasteiger partial charge in [0, 0.05) is 19.6 Å². The van der Waals surface area contributed by atoms with Crippen LogP contribution in [0.4, 0.5) is 5.69 Å². The predicted molar refractivity (Wildman–Crippen MR) is 102 cm³/mol. The third-order valence-corrected chi connectivity index (χ3v) is 5.15. The largest absolute Gasteiger partial charge is 0.339 e. The van der Waals surface area contributed by atoms with Crippen molar-refractivity contribution in [2.24, 2.45) is 11.8 Å². The van der Waals surface area contributed by atoms with Crippen LogP contribution in [-0.2, 0) is 4.79 Å². The maximum absolute atomic E-state index is 12.8. The molecule has 0 radical (unpaired) electrons. The van der Waals surface area contributed by atoms with E-state index in [2.05, 4.69) is 17.6 Å². The molecular weight excluding hydrogens is 338 g/mol. The third kappa shape index (κ3) is 4.95. The van der Waals surface area contributed by atoms with Crippen LogP contribution in [-0.4, -0.2) is 42.9 Å². The quantitative estimate of drug-likeness (QED) is 0.865. The fourth-order valence-electron chi connectivity index (χ4n) is 3.47. The van der Waals surface area contributed by atoms with Crippen molar-refractivity contribution in [1.82, 2.24) is 10.2 Å². The van der Waals surface area contributed by atoms with Gasteiger partial charge in [-0.15, -0.1) is 12.4 Å². The Hall–Kier alpha value is -1.59. The monoisotopic (exact) mass is 365 g/mol. The smallest absolute Gasteiger partial charge is 0.255 e. The molecule has 1 atom stereocenters. The Bertz CT molecular complexity index is 594. The van der Waals surface area contributed by atoms with Gasteiger partial charge in [-0.05, 0) is 50.3 Å². The van der Waals surface area contributed by atoms with E-state index in [1.807, 2.05) is 29.2 Å². The highest BCUT2D eigenvalue weighted by molar-refractivity contribution is 6.04. The third-order valence-electron chi connectivity index (χ3n) is 5.15. The van der Waals surface area contributed by atoms with E-state index < -0.39 is 0 Å². The molecule has 138 valence electrons. The number of carbonyl (C=O) groups is 2. The van der Waals surface area contributed by atoms with E-state index in [9.17, 15) is 9.59 Å². The van der Waals surface area contributed by atoms with Gasteiger partial charge in [0.25, 0.3) is 5.91 Å². The van der Waals surface area contributed by atoms with Crippen LogP contribution in [0.15, 0.2) is 24.3 Å². The van der Waals surface area contributed by atoms with Crippen molar-refractivity contribution in [2.45, 2.75) is 32.6 Å². The lowest BCUT2D eigenvalue weighted by Crippen LogP contribution is -2.39. The molecule has 0 saturated carbocycles. The normalized spacial score (nSPS) is 21.3. The average molecular weight is 366 g/mol. The van der Waals surface area contributed by atoms with Crippen molar-refractivity contribution in [3.05, 3.63) is 29.8 Å². The van der Waals surface area contributed by atoms with Gasteiger partial charge in [-0.3, -0.25) is 9.59 Å². The van der Waals surface area contributed by atoms with Gasteiger partial charge in [0.15, 0.2) is 0 Å². The van der Waals surface area contributed by atoms with Crippen LogP contribution in [0.25, 0.3) is 0 Å². The van der Waals surface area contributed by atoms with Crippen LogP contribution in [0.2, 0.25) is 0 Å². The Labute approximate surface area is 155 Å². The molecule has 0 aromatic heterocycles. The first-order valence-corrected chi connectivity index (χ1v) is 9.05. The number of amides is 2. The van der Waals surface area contributed by atoms with E-state index in [-0.39, 0.29) is 30.1 Å². The Balaban J connectivity index is 0.00000225. The number of rotatable bonds is 3. The number of piperidine rings is 2.